The Hall–Kier alpha value is -1.13. The van der Waals surface area contributed by atoms with Gasteiger partial charge >= 0.3 is 0 Å². The molecule has 2 rings (SSSR count). The highest BCUT2D eigenvalue weighted by Gasteiger charge is 2.29. The van der Waals surface area contributed by atoms with Gasteiger partial charge in [0.1, 0.15) is 5.15 Å². The predicted octanol–water partition coefficient (Wildman–Crippen LogP) is 2.85. The molecule has 1 fully saturated rings. The van der Waals surface area contributed by atoms with Crippen LogP contribution in [0.1, 0.15) is 55.1 Å². The van der Waals surface area contributed by atoms with Crippen molar-refractivity contribution in [2.75, 3.05) is 13.2 Å². The molecular weight excluding hydrogens is 276 g/mol. The van der Waals surface area contributed by atoms with Crippen LogP contribution in [0.5, 0.6) is 0 Å². The van der Waals surface area contributed by atoms with Gasteiger partial charge in [0.2, 0.25) is 0 Å². The number of hydrogen-bond acceptors (Lipinski definition) is 3. The first-order chi connectivity index (χ1) is 9.52. The maximum Gasteiger partial charge on any atom is 0.254 e. The van der Waals surface area contributed by atoms with Crippen LogP contribution in [0.2, 0.25) is 5.15 Å². The van der Waals surface area contributed by atoms with Gasteiger partial charge < -0.3 is 10.0 Å². The summed E-state index contributed by atoms with van der Waals surface area (Å²) in [4.78, 5) is 18.6. The van der Waals surface area contributed by atoms with E-state index < -0.39 is 0 Å². The number of carbonyl (C=O) groups excluding carboxylic acids is 1. The summed E-state index contributed by atoms with van der Waals surface area (Å²) in [5.74, 6) is 0.158. The third-order valence-corrected chi connectivity index (χ3v) is 3.96. The van der Waals surface area contributed by atoms with E-state index in [1.54, 1.807) is 11.0 Å². The highest BCUT2D eigenvalue weighted by Crippen LogP contribution is 2.27. The van der Waals surface area contributed by atoms with Gasteiger partial charge in [-0.15, -0.1) is 0 Å². The molecule has 0 unspecified atom stereocenters. The van der Waals surface area contributed by atoms with Gasteiger partial charge in [0.25, 0.3) is 5.91 Å². The van der Waals surface area contributed by atoms with Gasteiger partial charge in [-0.25, -0.2) is 4.98 Å². The van der Waals surface area contributed by atoms with Gasteiger partial charge in [-0.3, -0.25) is 4.79 Å². The summed E-state index contributed by atoms with van der Waals surface area (Å²) < 4.78 is 0. The van der Waals surface area contributed by atoms with E-state index in [1.165, 1.54) is 0 Å². The number of nitrogens with zero attached hydrogens (tertiary/aromatic N) is 2. The first kappa shape index (κ1) is 15.3. The number of pyridine rings is 1. The van der Waals surface area contributed by atoms with Crippen LogP contribution in [0, 0.1) is 0 Å². The Labute approximate surface area is 124 Å². The minimum atomic E-state index is -0.0602. The van der Waals surface area contributed by atoms with E-state index in [1.807, 2.05) is 19.9 Å². The number of aromatic nitrogens is 1. The molecule has 1 amide bonds. The zero-order chi connectivity index (χ0) is 14.7. The molecule has 0 atom stereocenters. The Morgan fingerprint density at radius 1 is 1.50 bits per heavy atom. The minimum absolute atomic E-state index is 0.0158. The molecule has 1 aromatic rings. The van der Waals surface area contributed by atoms with Gasteiger partial charge in [0.05, 0.1) is 6.61 Å². The van der Waals surface area contributed by atoms with Gasteiger partial charge in [-0.1, -0.05) is 25.4 Å². The minimum Gasteiger partial charge on any atom is -0.395 e. The second-order valence-electron chi connectivity index (χ2n) is 5.56. The maximum absolute atomic E-state index is 12.6. The second-order valence-corrected chi connectivity index (χ2v) is 5.95. The van der Waals surface area contributed by atoms with Crippen molar-refractivity contribution in [2.24, 2.45) is 0 Å². The number of carbonyl (C=O) groups is 1. The molecule has 1 aromatic heterocycles. The Morgan fingerprint density at radius 2 is 2.20 bits per heavy atom. The summed E-state index contributed by atoms with van der Waals surface area (Å²) in [6.45, 7) is 4.40. The molecule has 0 aromatic carbocycles. The molecule has 0 radical (unpaired) electrons. The number of halogens is 1. The van der Waals surface area contributed by atoms with E-state index >= 15 is 0 Å². The van der Waals surface area contributed by atoms with Crippen molar-refractivity contribution in [2.45, 2.75) is 45.1 Å². The van der Waals surface area contributed by atoms with Crippen molar-refractivity contribution >= 4 is 17.5 Å². The maximum atomic E-state index is 12.6. The first-order valence-corrected chi connectivity index (χ1v) is 7.50. The number of aliphatic hydroxyl groups is 1. The molecule has 4 nitrogen and oxygen atoms in total. The Bertz CT molecular complexity index is 487. The number of amides is 1. The second kappa shape index (κ2) is 6.55. The molecule has 0 aliphatic heterocycles. The van der Waals surface area contributed by atoms with E-state index in [2.05, 4.69) is 4.98 Å². The molecule has 5 heteroatoms. The van der Waals surface area contributed by atoms with Crippen molar-refractivity contribution < 1.29 is 9.90 Å². The first-order valence-electron chi connectivity index (χ1n) is 7.12. The number of hydrogen-bond donors (Lipinski definition) is 1. The zero-order valence-corrected chi connectivity index (χ0v) is 12.7. The molecule has 0 saturated heterocycles. The van der Waals surface area contributed by atoms with Crippen LogP contribution >= 0.6 is 11.6 Å². The Morgan fingerprint density at radius 3 is 2.70 bits per heavy atom. The van der Waals surface area contributed by atoms with E-state index in [0.717, 1.165) is 25.0 Å². The molecule has 1 saturated carbocycles. The monoisotopic (exact) mass is 296 g/mol. The zero-order valence-electron chi connectivity index (χ0n) is 12.0. The lowest BCUT2D eigenvalue weighted by atomic mass is 9.91. The molecule has 0 bridgehead atoms. The van der Waals surface area contributed by atoms with Gasteiger partial charge in [0.15, 0.2) is 0 Å². The molecule has 1 aliphatic carbocycles. The standard InChI is InChI=1S/C15H21ClN2O2/c1-10(2)13-8-11(9-14(16)17-13)15(20)18(6-7-19)12-4-3-5-12/h8-10,12,19H,3-7H2,1-2H3. The number of rotatable bonds is 5. The fourth-order valence-corrected chi connectivity index (χ4v) is 2.57. The summed E-state index contributed by atoms with van der Waals surface area (Å²) in [7, 11) is 0. The molecule has 20 heavy (non-hydrogen) atoms. The summed E-state index contributed by atoms with van der Waals surface area (Å²) >= 11 is 6.02. The number of aliphatic hydroxyl groups excluding tert-OH is 1. The summed E-state index contributed by atoms with van der Waals surface area (Å²) in [6, 6.07) is 3.67. The Kier molecular flexibility index (Phi) is 5.00. The van der Waals surface area contributed by atoms with E-state index in [9.17, 15) is 4.79 Å². The highest BCUT2D eigenvalue weighted by molar-refractivity contribution is 6.29. The average Bonchev–Trinajstić information content (AvgIpc) is 2.34. The molecule has 1 heterocycles. The van der Waals surface area contributed by atoms with Crippen LogP contribution in [0.25, 0.3) is 0 Å². The van der Waals surface area contributed by atoms with Gasteiger partial charge in [-0.05, 0) is 37.3 Å². The molecule has 1 aliphatic rings. The van der Waals surface area contributed by atoms with Crippen LogP contribution in [0.15, 0.2) is 12.1 Å². The molecule has 1 N–H and O–H groups in total. The largest absolute Gasteiger partial charge is 0.395 e. The summed E-state index contributed by atoms with van der Waals surface area (Å²) in [6.07, 6.45) is 3.18. The van der Waals surface area contributed by atoms with Gasteiger partial charge in [-0.2, -0.15) is 0 Å². The quantitative estimate of drug-likeness (QED) is 0.850. The van der Waals surface area contributed by atoms with E-state index in [-0.39, 0.29) is 24.5 Å². The van der Waals surface area contributed by atoms with Crippen molar-refractivity contribution in [3.05, 3.63) is 28.5 Å². The van der Waals surface area contributed by atoms with Crippen LogP contribution in [-0.4, -0.2) is 40.1 Å². The molecular formula is C15H21ClN2O2. The van der Waals surface area contributed by atoms with Crippen LogP contribution in [0.4, 0.5) is 0 Å². The van der Waals surface area contributed by atoms with Crippen LogP contribution in [-0.2, 0) is 0 Å². The van der Waals surface area contributed by atoms with Crippen molar-refractivity contribution in [1.82, 2.24) is 9.88 Å². The SMILES string of the molecule is CC(C)c1cc(C(=O)N(CCO)C2CCC2)cc(Cl)n1. The predicted molar refractivity (Wildman–Crippen MR) is 79.1 cm³/mol. The lowest BCUT2D eigenvalue weighted by Crippen LogP contribution is -2.45. The summed E-state index contributed by atoms with van der Waals surface area (Å²) in [5, 5.41) is 9.51. The average molecular weight is 297 g/mol. The lowest BCUT2D eigenvalue weighted by Gasteiger charge is -2.37. The third-order valence-electron chi connectivity index (χ3n) is 3.77. The lowest BCUT2D eigenvalue weighted by molar-refractivity contribution is 0.0525. The van der Waals surface area contributed by atoms with Crippen LogP contribution < -0.4 is 0 Å². The van der Waals surface area contributed by atoms with Crippen molar-refractivity contribution in [1.29, 1.82) is 0 Å². The van der Waals surface area contributed by atoms with E-state index in [4.69, 9.17) is 16.7 Å². The smallest absolute Gasteiger partial charge is 0.254 e. The fraction of sp³-hybridized carbons (Fsp3) is 0.600. The Balaban J connectivity index is 2.25. The molecule has 0 spiro atoms. The third kappa shape index (κ3) is 3.30. The summed E-state index contributed by atoms with van der Waals surface area (Å²) in [5.41, 5.74) is 1.38. The van der Waals surface area contributed by atoms with Gasteiger partial charge in [0, 0.05) is 23.8 Å². The molecule has 110 valence electrons. The highest BCUT2D eigenvalue weighted by atomic mass is 35.5. The topological polar surface area (TPSA) is 53.4 Å². The van der Waals surface area contributed by atoms with Crippen molar-refractivity contribution in [3.63, 3.8) is 0 Å². The van der Waals surface area contributed by atoms with Crippen LogP contribution in [0.3, 0.4) is 0 Å². The normalized spacial score (nSPS) is 15.2. The van der Waals surface area contributed by atoms with Crippen molar-refractivity contribution in [3.8, 4) is 0 Å². The van der Waals surface area contributed by atoms with E-state index in [0.29, 0.717) is 17.3 Å². The fourth-order valence-electron chi connectivity index (χ4n) is 2.36.